The van der Waals surface area contributed by atoms with E-state index in [0.29, 0.717) is 19.4 Å². The molecule has 2 rings (SSSR count). The molecule has 0 aromatic rings. The van der Waals surface area contributed by atoms with Crippen molar-refractivity contribution in [2.45, 2.75) is 25.3 Å². The van der Waals surface area contributed by atoms with Crippen molar-refractivity contribution in [3.63, 3.8) is 0 Å². The second-order valence-electron chi connectivity index (χ2n) is 4.90. The smallest absolute Gasteiger partial charge is 0.242 e. The van der Waals surface area contributed by atoms with Gasteiger partial charge >= 0.3 is 0 Å². The average molecular weight is 274 g/mol. The van der Waals surface area contributed by atoms with Crippen LogP contribution >= 0.6 is 0 Å². The summed E-state index contributed by atoms with van der Waals surface area (Å²) in [6.45, 7) is 0.549. The quantitative estimate of drug-likeness (QED) is 0.711. The fourth-order valence-corrected chi connectivity index (χ4v) is 4.43. The summed E-state index contributed by atoms with van der Waals surface area (Å²) in [7, 11) is -1.52. The molecule has 0 spiro atoms. The van der Waals surface area contributed by atoms with Gasteiger partial charge in [-0.25, -0.2) is 8.42 Å². The van der Waals surface area contributed by atoms with E-state index in [1.807, 2.05) is 0 Å². The minimum atomic E-state index is -3.06. The van der Waals surface area contributed by atoms with Crippen LogP contribution in [-0.2, 0) is 19.4 Å². The molecule has 2 amide bonds. The lowest BCUT2D eigenvalue weighted by Gasteiger charge is -2.25. The SMILES string of the molecule is CNC(=O)C1CCCN1C(=O)C1CCS(=O)(=O)C1. The van der Waals surface area contributed by atoms with Gasteiger partial charge in [0.15, 0.2) is 9.84 Å². The zero-order valence-electron chi connectivity index (χ0n) is 10.4. The Morgan fingerprint density at radius 1 is 1.28 bits per heavy atom. The third-order valence-electron chi connectivity index (χ3n) is 3.67. The van der Waals surface area contributed by atoms with Crippen LogP contribution in [0.5, 0.6) is 0 Å². The number of carbonyl (C=O) groups is 2. The van der Waals surface area contributed by atoms with Crippen molar-refractivity contribution in [1.29, 1.82) is 0 Å². The molecule has 6 nitrogen and oxygen atoms in total. The van der Waals surface area contributed by atoms with Crippen molar-refractivity contribution in [3.05, 3.63) is 0 Å². The first-order valence-electron chi connectivity index (χ1n) is 6.17. The lowest BCUT2D eigenvalue weighted by molar-refractivity contribution is -0.140. The van der Waals surface area contributed by atoms with E-state index < -0.39 is 21.8 Å². The van der Waals surface area contributed by atoms with Crippen LogP contribution < -0.4 is 5.32 Å². The Balaban J connectivity index is 2.07. The zero-order valence-corrected chi connectivity index (χ0v) is 11.2. The molecule has 2 fully saturated rings. The van der Waals surface area contributed by atoms with Crippen molar-refractivity contribution in [1.82, 2.24) is 10.2 Å². The monoisotopic (exact) mass is 274 g/mol. The standard InChI is InChI=1S/C11H18N2O4S/c1-12-10(14)9-3-2-5-13(9)11(15)8-4-6-18(16,17)7-8/h8-9H,2-7H2,1H3,(H,12,14). The van der Waals surface area contributed by atoms with Crippen molar-refractivity contribution in [2.75, 3.05) is 25.1 Å². The molecule has 0 bridgehead atoms. The highest BCUT2D eigenvalue weighted by atomic mass is 32.2. The fraction of sp³-hybridized carbons (Fsp3) is 0.818. The van der Waals surface area contributed by atoms with E-state index in [1.165, 1.54) is 0 Å². The number of hydrogen-bond acceptors (Lipinski definition) is 4. The fourth-order valence-electron chi connectivity index (χ4n) is 2.69. The Bertz CT molecular complexity index is 460. The number of amides is 2. The molecule has 0 aliphatic carbocycles. The van der Waals surface area contributed by atoms with E-state index in [1.54, 1.807) is 11.9 Å². The first-order valence-corrected chi connectivity index (χ1v) is 7.99. The lowest BCUT2D eigenvalue weighted by atomic mass is 10.1. The van der Waals surface area contributed by atoms with Gasteiger partial charge in [-0.15, -0.1) is 0 Å². The molecule has 102 valence electrons. The van der Waals surface area contributed by atoms with Gasteiger partial charge in [-0.3, -0.25) is 9.59 Å². The Kier molecular flexibility index (Phi) is 3.61. The highest BCUT2D eigenvalue weighted by molar-refractivity contribution is 7.91. The first kappa shape index (κ1) is 13.3. The number of sulfone groups is 1. The van der Waals surface area contributed by atoms with Crippen LogP contribution in [0.25, 0.3) is 0 Å². The normalized spacial score (nSPS) is 30.4. The maximum absolute atomic E-state index is 12.2. The minimum Gasteiger partial charge on any atom is -0.357 e. The Morgan fingerprint density at radius 2 is 2.00 bits per heavy atom. The van der Waals surface area contributed by atoms with Gasteiger partial charge in [0.25, 0.3) is 0 Å². The predicted molar refractivity (Wildman–Crippen MR) is 65.6 cm³/mol. The van der Waals surface area contributed by atoms with Gasteiger partial charge in [0, 0.05) is 13.6 Å². The Labute approximate surface area is 107 Å². The van der Waals surface area contributed by atoms with Gasteiger partial charge in [0.2, 0.25) is 11.8 Å². The van der Waals surface area contributed by atoms with Gasteiger partial charge in [-0.2, -0.15) is 0 Å². The summed E-state index contributed by atoms with van der Waals surface area (Å²) in [5, 5.41) is 2.55. The van der Waals surface area contributed by atoms with Crippen LogP contribution in [0.4, 0.5) is 0 Å². The first-order chi connectivity index (χ1) is 8.44. The number of hydrogen-bond donors (Lipinski definition) is 1. The summed E-state index contributed by atoms with van der Waals surface area (Å²) in [6, 6.07) is -0.425. The molecule has 0 saturated carbocycles. The molecule has 0 radical (unpaired) electrons. The van der Waals surface area contributed by atoms with E-state index in [4.69, 9.17) is 0 Å². The highest BCUT2D eigenvalue weighted by Crippen LogP contribution is 2.25. The van der Waals surface area contributed by atoms with E-state index in [0.717, 1.165) is 6.42 Å². The summed E-state index contributed by atoms with van der Waals surface area (Å²) < 4.78 is 22.8. The molecular weight excluding hydrogens is 256 g/mol. The number of carbonyl (C=O) groups excluding carboxylic acids is 2. The molecule has 7 heteroatoms. The largest absolute Gasteiger partial charge is 0.357 e. The number of likely N-dealkylation sites (N-methyl/N-ethyl adjacent to an activating group) is 1. The van der Waals surface area contributed by atoms with Crippen molar-refractivity contribution < 1.29 is 18.0 Å². The Morgan fingerprint density at radius 3 is 2.56 bits per heavy atom. The number of nitrogens with one attached hydrogen (secondary N) is 1. The van der Waals surface area contributed by atoms with Gasteiger partial charge in [-0.1, -0.05) is 0 Å². The molecule has 2 aliphatic rings. The summed E-state index contributed by atoms with van der Waals surface area (Å²) in [5.41, 5.74) is 0. The maximum atomic E-state index is 12.2. The minimum absolute atomic E-state index is 0.0667. The van der Waals surface area contributed by atoms with E-state index in [2.05, 4.69) is 5.32 Å². The number of likely N-dealkylation sites (tertiary alicyclic amines) is 1. The number of nitrogens with zero attached hydrogens (tertiary/aromatic N) is 1. The zero-order chi connectivity index (χ0) is 13.3. The highest BCUT2D eigenvalue weighted by Gasteiger charge is 2.40. The van der Waals surface area contributed by atoms with Crippen LogP contribution in [0.3, 0.4) is 0 Å². The number of rotatable bonds is 2. The molecular formula is C11H18N2O4S. The molecule has 18 heavy (non-hydrogen) atoms. The van der Waals surface area contributed by atoms with E-state index in [9.17, 15) is 18.0 Å². The summed E-state index contributed by atoms with van der Waals surface area (Å²) in [4.78, 5) is 25.4. The second-order valence-corrected chi connectivity index (χ2v) is 7.13. The topological polar surface area (TPSA) is 83.6 Å². The average Bonchev–Trinajstić information content (AvgIpc) is 2.93. The van der Waals surface area contributed by atoms with Gasteiger partial charge < -0.3 is 10.2 Å². The lowest BCUT2D eigenvalue weighted by Crippen LogP contribution is -2.47. The van der Waals surface area contributed by atoms with Gasteiger partial charge in [-0.05, 0) is 19.3 Å². The molecule has 0 aromatic carbocycles. The summed E-state index contributed by atoms with van der Waals surface area (Å²) >= 11 is 0. The predicted octanol–water partition coefficient (Wildman–Crippen LogP) is -0.842. The van der Waals surface area contributed by atoms with Crippen molar-refractivity contribution in [2.24, 2.45) is 5.92 Å². The third-order valence-corrected chi connectivity index (χ3v) is 5.43. The van der Waals surface area contributed by atoms with E-state index >= 15 is 0 Å². The molecule has 2 heterocycles. The molecule has 0 aromatic heterocycles. The summed E-state index contributed by atoms with van der Waals surface area (Å²) in [6.07, 6.45) is 1.84. The van der Waals surface area contributed by atoms with Crippen LogP contribution in [-0.4, -0.2) is 56.3 Å². The van der Waals surface area contributed by atoms with Crippen molar-refractivity contribution >= 4 is 21.7 Å². The van der Waals surface area contributed by atoms with Crippen LogP contribution in [0, 0.1) is 5.92 Å². The Hall–Kier alpha value is -1.11. The molecule has 1 N–H and O–H groups in total. The van der Waals surface area contributed by atoms with E-state index in [-0.39, 0.29) is 23.3 Å². The van der Waals surface area contributed by atoms with Gasteiger partial charge in [0.1, 0.15) is 6.04 Å². The van der Waals surface area contributed by atoms with Crippen LogP contribution in [0.2, 0.25) is 0 Å². The van der Waals surface area contributed by atoms with Crippen LogP contribution in [0.15, 0.2) is 0 Å². The second kappa shape index (κ2) is 4.87. The summed E-state index contributed by atoms with van der Waals surface area (Å²) in [5.74, 6) is -0.783. The van der Waals surface area contributed by atoms with Crippen LogP contribution in [0.1, 0.15) is 19.3 Å². The third kappa shape index (κ3) is 2.50. The molecule has 2 atom stereocenters. The molecule has 2 aliphatic heterocycles. The maximum Gasteiger partial charge on any atom is 0.242 e. The van der Waals surface area contributed by atoms with Gasteiger partial charge in [0.05, 0.1) is 17.4 Å². The van der Waals surface area contributed by atoms with Crippen molar-refractivity contribution in [3.8, 4) is 0 Å². The molecule has 2 unspecified atom stereocenters. The molecule has 2 saturated heterocycles.